The Morgan fingerprint density at radius 2 is 1.81 bits per heavy atom. The maximum atomic E-state index is 13.8. The molecule has 2 aromatic rings. The molecule has 36 heavy (non-hydrogen) atoms. The number of hydrogen-bond acceptors (Lipinski definition) is 6. The molecular weight excluding hydrogens is 523 g/mol. The van der Waals surface area contributed by atoms with E-state index < -0.39 is 9.84 Å². The Kier molecular flexibility index (Phi) is 7.74. The van der Waals surface area contributed by atoms with E-state index >= 15 is 0 Å². The molecule has 0 spiro atoms. The number of benzene rings is 1. The van der Waals surface area contributed by atoms with Gasteiger partial charge in [-0.1, -0.05) is 23.2 Å². The van der Waals surface area contributed by atoms with Crippen LogP contribution in [0.3, 0.4) is 0 Å². The molecular formula is C25H32Cl2N4O4S. The summed E-state index contributed by atoms with van der Waals surface area (Å²) < 4.78 is 25.8. The average Bonchev–Trinajstić information content (AvgIpc) is 2.80. The number of hydrogen-bond donors (Lipinski definition) is 1. The Balaban J connectivity index is 1.68. The summed E-state index contributed by atoms with van der Waals surface area (Å²) >= 11 is 12.1. The maximum Gasteiger partial charge on any atom is 0.258 e. The number of sulfone groups is 1. The molecule has 1 aromatic heterocycles. The van der Waals surface area contributed by atoms with Crippen molar-refractivity contribution >= 4 is 44.9 Å². The van der Waals surface area contributed by atoms with Crippen LogP contribution in [0.1, 0.15) is 74.1 Å². The SMILES string of the molecule is CC(C)Nc1nc2c(c(=O)n1[C@H]1CC[C@@H](S(C)(=O)=O)CC1)C[C@@H](C)N(C(=O)c1ccc(Cl)c(Cl)c1)C2. The fraction of sp³-hybridized carbons (Fsp3) is 0.560. The first-order chi connectivity index (χ1) is 16.9. The lowest BCUT2D eigenvalue weighted by atomic mass is 9.93. The second-order valence-electron chi connectivity index (χ2n) is 10.2. The molecule has 1 aromatic carbocycles. The van der Waals surface area contributed by atoms with E-state index in [9.17, 15) is 18.0 Å². The van der Waals surface area contributed by atoms with Gasteiger partial charge in [-0.15, -0.1) is 0 Å². The van der Waals surface area contributed by atoms with Crippen LogP contribution < -0.4 is 10.9 Å². The number of nitrogens with one attached hydrogen (secondary N) is 1. The lowest BCUT2D eigenvalue weighted by Crippen LogP contribution is -2.47. The molecule has 0 radical (unpaired) electrons. The molecule has 1 fully saturated rings. The topological polar surface area (TPSA) is 101 Å². The van der Waals surface area contributed by atoms with E-state index in [0.717, 1.165) is 0 Å². The first-order valence-electron chi connectivity index (χ1n) is 12.2. The molecule has 2 aliphatic rings. The summed E-state index contributed by atoms with van der Waals surface area (Å²) in [5.74, 6) is 0.267. The number of nitrogens with zero attached hydrogens (tertiary/aromatic N) is 3. The highest BCUT2D eigenvalue weighted by atomic mass is 35.5. The van der Waals surface area contributed by atoms with Gasteiger partial charge in [0.2, 0.25) is 5.95 Å². The van der Waals surface area contributed by atoms with Crippen molar-refractivity contribution in [2.24, 2.45) is 0 Å². The van der Waals surface area contributed by atoms with E-state index in [1.54, 1.807) is 27.7 Å². The smallest absolute Gasteiger partial charge is 0.258 e. The van der Waals surface area contributed by atoms with Crippen molar-refractivity contribution in [3.05, 3.63) is 55.4 Å². The quantitative estimate of drug-likeness (QED) is 0.584. The average molecular weight is 556 g/mol. The van der Waals surface area contributed by atoms with Crippen LogP contribution in [-0.4, -0.2) is 52.4 Å². The van der Waals surface area contributed by atoms with E-state index in [0.29, 0.717) is 64.9 Å². The highest BCUT2D eigenvalue weighted by molar-refractivity contribution is 7.91. The molecule has 1 aliphatic carbocycles. The molecule has 1 atom stereocenters. The predicted octanol–water partition coefficient (Wildman–Crippen LogP) is 4.49. The summed E-state index contributed by atoms with van der Waals surface area (Å²) in [6.45, 7) is 6.07. The van der Waals surface area contributed by atoms with E-state index in [1.807, 2.05) is 20.8 Å². The Bertz CT molecular complexity index is 1330. The molecule has 4 rings (SSSR count). The molecule has 0 saturated heterocycles. The van der Waals surface area contributed by atoms with Gasteiger partial charge in [0.1, 0.15) is 9.84 Å². The Morgan fingerprint density at radius 1 is 1.14 bits per heavy atom. The van der Waals surface area contributed by atoms with Crippen LogP contribution >= 0.6 is 23.2 Å². The van der Waals surface area contributed by atoms with Gasteiger partial charge in [0.05, 0.1) is 27.5 Å². The van der Waals surface area contributed by atoms with Gasteiger partial charge in [-0.3, -0.25) is 14.2 Å². The van der Waals surface area contributed by atoms with E-state index in [1.165, 1.54) is 6.26 Å². The molecule has 11 heteroatoms. The number of fused-ring (bicyclic) bond motifs is 1. The molecule has 1 saturated carbocycles. The summed E-state index contributed by atoms with van der Waals surface area (Å²) in [6, 6.07) is 4.49. The first kappa shape index (κ1) is 26.9. The van der Waals surface area contributed by atoms with Crippen molar-refractivity contribution in [2.45, 2.75) is 82.8 Å². The second kappa shape index (κ2) is 10.3. The molecule has 8 nitrogen and oxygen atoms in total. The Hall–Kier alpha value is -2.10. The van der Waals surface area contributed by atoms with Crippen molar-refractivity contribution in [1.82, 2.24) is 14.5 Å². The Morgan fingerprint density at radius 3 is 2.39 bits per heavy atom. The fourth-order valence-electron chi connectivity index (χ4n) is 5.17. The van der Waals surface area contributed by atoms with E-state index in [-0.39, 0.29) is 41.4 Å². The molecule has 1 N–H and O–H groups in total. The normalized spacial score (nSPS) is 22.4. The van der Waals surface area contributed by atoms with Gasteiger partial charge >= 0.3 is 0 Å². The number of amides is 1. The monoisotopic (exact) mass is 554 g/mol. The number of carbonyl (C=O) groups is 1. The minimum atomic E-state index is -3.11. The van der Waals surface area contributed by atoms with Gasteiger partial charge in [-0.2, -0.15) is 0 Å². The number of rotatable bonds is 5. The van der Waals surface area contributed by atoms with E-state index in [4.69, 9.17) is 28.2 Å². The van der Waals surface area contributed by atoms with Gasteiger partial charge in [0.15, 0.2) is 0 Å². The minimum Gasteiger partial charge on any atom is -0.353 e. The van der Waals surface area contributed by atoms with Crippen LogP contribution in [0.25, 0.3) is 0 Å². The number of halogens is 2. The van der Waals surface area contributed by atoms with Gasteiger partial charge in [-0.25, -0.2) is 13.4 Å². The second-order valence-corrected chi connectivity index (χ2v) is 13.4. The lowest BCUT2D eigenvalue weighted by Gasteiger charge is -2.36. The van der Waals surface area contributed by atoms with Crippen LogP contribution in [0.5, 0.6) is 0 Å². The highest BCUT2D eigenvalue weighted by Crippen LogP contribution is 2.34. The maximum absolute atomic E-state index is 13.8. The van der Waals surface area contributed by atoms with Crippen LogP contribution in [0.4, 0.5) is 5.95 Å². The van der Waals surface area contributed by atoms with Crippen LogP contribution in [0.2, 0.25) is 10.0 Å². The van der Waals surface area contributed by atoms with Crippen molar-refractivity contribution in [2.75, 3.05) is 11.6 Å². The summed E-state index contributed by atoms with van der Waals surface area (Å²) in [6.07, 6.45) is 3.91. The summed E-state index contributed by atoms with van der Waals surface area (Å²) in [4.78, 5) is 33.6. The van der Waals surface area contributed by atoms with Crippen LogP contribution in [0.15, 0.2) is 23.0 Å². The van der Waals surface area contributed by atoms with Gasteiger partial charge in [-0.05, 0) is 71.1 Å². The summed E-state index contributed by atoms with van der Waals surface area (Å²) in [5.41, 5.74) is 1.51. The largest absolute Gasteiger partial charge is 0.353 e. The summed E-state index contributed by atoms with van der Waals surface area (Å²) in [5, 5.41) is 3.62. The molecule has 0 bridgehead atoms. The third-order valence-electron chi connectivity index (χ3n) is 7.11. The minimum absolute atomic E-state index is 0.0324. The molecule has 2 heterocycles. The zero-order chi connectivity index (χ0) is 26.4. The van der Waals surface area contributed by atoms with Crippen molar-refractivity contribution < 1.29 is 13.2 Å². The van der Waals surface area contributed by atoms with E-state index in [2.05, 4.69) is 5.32 Å². The predicted molar refractivity (Wildman–Crippen MR) is 143 cm³/mol. The first-order valence-corrected chi connectivity index (χ1v) is 14.9. The molecule has 1 aliphatic heterocycles. The third-order valence-corrected chi connectivity index (χ3v) is 9.53. The molecule has 0 unspecified atom stereocenters. The zero-order valence-electron chi connectivity index (χ0n) is 20.9. The van der Waals surface area contributed by atoms with Crippen LogP contribution in [0, 0.1) is 0 Å². The number of aromatic nitrogens is 2. The summed E-state index contributed by atoms with van der Waals surface area (Å²) in [7, 11) is -3.11. The number of carbonyl (C=O) groups excluding carboxylic acids is 1. The molecule has 196 valence electrons. The third kappa shape index (κ3) is 5.43. The zero-order valence-corrected chi connectivity index (χ0v) is 23.3. The fourth-order valence-corrected chi connectivity index (χ4v) is 6.60. The molecule has 1 amide bonds. The lowest BCUT2D eigenvalue weighted by molar-refractivity contribution is 0.0652. The van der Waals surface area contributed by atoms with Gasteiger partial charge in [0.25, 0.3) is 11.5 Å². The Labute approximate surface area is 221 Å². The highest BCUT2D eigenvalue weighted by Gasteiger charge is 2.35. The van der Waals surface area contributed by atoms with Crippen LogP contribution in [-0.2, 0) is 22.8 Å². The number of anilines is 1. The van der Waals surface area contributed by atoms with Crippen molar-refractivity contribution in [3.8, 4) is 0 Å². The van der Waals surface area contributed by atoms with Gasteiger partial charge < -0.3 is 10.2 Å². The standard InChI is InChI=1S/C25H32Cl2N4O4S/c1-14(2)28-25-29-22-13-30(23(32)16-5-10-20(26)21(27)12-16)15(3)11-19(22)24(33)31(25)17-6-8-18(9-7-17)36(4,34)35/h5,10,12,14-15,17-18H,6-9,11,13H2,1-4H3,(H,28,29)/t15-,17-,18+/m1/s1. The van der Waals surface area contributed by atoms with Crippen molar-refractivity contribution in [1.29, 1.82) is 0 Å². The van der Waals surface area contributed by atoms with Gasteiger partial charge in [0, 0.05) is 35.5 Å². The van der Waals surface area contributed by atoms with Crippen molar-refractivity contribution in [3.63, 3.8) is 0 Å².